The summed E-state index contributed by atoms with van der Waals surface area (Å²) >= 11 is 0. The van der Waals surface area contributed by atoms with Crippen LogP contribution >= 0.6 is 0 Å². The zero-order valence-corrected chi connectivity index (χ0v) is 27.5. The standard InChI is InChI=1S/C40H62F2/c1-28-22-39(23-29(2)30(28)3)27-38-18-16-37(17-19-38)26-36-14-12-35(13-15-36)25-34-10-8-33(9-11-34)24-32-6-4-31(5-7-32)20-21-40(41)42/h21-23,31-38H,4-20,24-27H2,1-3H3. The number of rotatable bonds is 10. The van der Waals surface area contributed by atoms with Gasteiger partial charge in [0.15, 0.2) is 0 Å². The van der Waals surface area contributed by atoms with Crippen LogP contribution in [-0.2, 0) is 6.42 Å². The molecule has 4 fully saturated rings. The summed E-state index contributed by atoms with van der Waals surface area (Å²) in [6, 6.07) is 4.90. The number of allylic oxidation sites excluding steroid dienone is 1. The third-order valence-corrected chi connectivity index (χ3v) is 13.0. The smallest absolute Gasteiger partial charge is 0.174 e. The monoisotopic (exact) mass is 580 g/mol. The average Bonchev–Trinajstić information content (AvgIpc) is 2.98. The molecule has 0 radical (unpaired) electrons. The van der Waals surface area contributed by atoms with E-state index in [2.05, 4.69) is 32.9 Å². The molecule has 4 saturated carbocycles. The van der Waals surface area contributed by atoms with Gasteiger partial charge >= 0.3 is 0 Å². The molecule has 1 aromatic rings. The molecule has 4 aliphatic carbocycles. The van der Waals surface area contributed by atoms with Gasteiger partial charge in [-0.2, -0.15) is 8.78 Å². The molecular formula is C40H62F2. The molecule has 42 heavy (non-hydrogen) atoms. The van der Waals surface area contributed by atoms with Crippen molar-refractivity contribution in [2.45, 2.75) is 156 Å². The van der Waals surface area contributed by atoms with E-state index in [9.17, 15) is 8.78 Å². The van der Waals surface area contributed by atoms with Gasteiger partial charge in [-0.3, -0.25) is 0 Å². The highest BCUT2D eigenvalue weighted by Crippen LogP contribution is 2.44. The predicted molar refractivity (Wildman–Crippen MR) is 175 cm³/mol. The summed E-state index contributed by atoms with van der Waals surface area (Å²) < 4.78 is 24.8. The maximum atomic E-state index is 12.4. The van der Waals surface area contributed by atoms with Crippen LogP contribution in [0.4, 0.5) is 8.78 Å². The van der Waals surface area contributed by atoms with E-state index in [1.54, 1.807) is 5.56 Å². The summed E-state index contributed by atoms with van der Waals surface area (Å²) in [4.78, 5) is 0. The van der Waals surface area contributed by atoms with Crippen LogP contribution in [-0.4, -0.2) is 0 Å². The largest absolute Gasteiger partial charge is 0.266 e. The van der Waals surface area contributed by atoms with E-state index in [1.165, 1.54) is 145 Å². The summed E-state index contributed by atoms with van der Waals surface area (Å²) in [7, 11) is 0. The van der Waals surface area contributed by atoms with Crippen LogP contribution in [0.3, 0.4) is 0 Å². The van der Waals surface area contributed by atoms with Gasteiger partial charge in [0.2, 0.25) is 0 Å². The number of halogens is 2. The van der Waals surface area contributed by atoms with Gasteiger partial charge in [0.1, 0.15) is 0 Å². The Bertz CT molecular complexity index is 950. The normalized spacial score (nSPS) is 34.2. The fourth-order valence-corrected chi connectivity index (χ4v) is 10.0. The summed E-state index contributed by atoms with van der Waals surface area (Å²) in [5.74, 6) is 7.26. The third-order valence-electron chi connectivity index (χ3n) is 13.0. The lowest BCUT2D eigenvalue weighted by molar-refractivity contribution is 0.152. The van der Waals surface area contributed by atoms with Crippen molar-refractivity contribution in [3.05, 3.63) is 46.5 Å². The quantitative estimate of drug-likeness (QED) is 0.258. The summed E-state index contributed by atoms with van der Waals surface area (Å²) in [6.07, 6.45) is 28.7. The van der Waals surface area contributed by atoms with Crippen LogP contribution in [0, 0.1) is 68.1 Å². The van der Waals surface area contributed by atoms with Crippen LogP contribution in [0.25, 0.3) is 0 Å². The molecule has 0 unspecified atom stereocenters. The minimum atomic E-state index is -1.49. The van der Waals surface area contributed by atoms with Crippen LogP contribution in [0.15, 0.2) is 24.3 Å². The highest BCUT2D eigenvalue weighted by atomic mass is 19.3. The predicted octanol–water partition coefficient (Wildman–Crippen LogP) is 12.7. The Labute approximate surface area is 257 Å². The first-order valence-electron chi connectivity index (χ1n) is 18.4. The number of hydrogen-bond donors (Lipinski definition) is 0. The van der Waals surface area contributed by atoms with Crippen molar-refractivity contribution in [3.63, 3.8) is 0 Å². The highest BCUT2D eigenvalue weighted by Gasteiger charge is 2.31. The average molecular weight is 581 g/mol. The molecule has 2 heteroatoms. The summed E-state index contributed by atoms with van der Waals surface area (Å²) in [5.41, 5.74) is 5.99. The molecule has 0 amide bonds. The Balaban J connectivity index is 0.921. The SMILES string of the molecule is Cc1cc(CC2CCC(CC3CCC(CC4CCC(CC5CCC(CC=C(F)F)CC5)CC4)CC3)CC2)cc(C)c1C. The first-order valence-corrected chi connectivity index (χ1v) is 18.4. The van der Waals surface area contributed by atoms with Gasteiger partial charge in [-0.1, -0.05) is 89.2 Å². The molecule has 0 heterocycles. The molecule has 0 saturated heterocycles. The van der Waals surface area contributed by atoms with E-state index in [0.717, 1.165) is 47.5 Å². The second kappa shape index (κ2) is 15.7. The van der Waals surface area contributed by atoms with Gasteiger partial charge in [-0.15, -0.1) is 0 Å². The fraction of sp³-hybridized carbons (Fsp3) is 0.800. The van der Waals surface area contributed by atoms with E-state index in [0.29, 0.717) is 12.3 Å². The zero-order chi connectivity index (χ0) is 29.5. The maximum Gasteiger partial charge on any atom is 0.266 e. The third kappa shape index (κ3) is 9.66. The lowest BCUT2D eigenvalue weighted by atomic mass is 9.69. The van der Waals surface area contributed by atoms with Gasteiger partial charge in [-0.25, -0.2) is 0 Å². The van der Waals surface area contributed by atoms with E-state index >= 15 is 0 Å². The van der Waals surface area contributed by atoms with Crippen molar-refractivity contribution >= 4 is 0 Å². The molecule has 0 atom stereocenters. The van der Waals surface area contributed by atoms with Crippen molar-refractivity contribution in [2.24, 2.45) is 47.3 Å². The minimum Gasteiger partial charge on any atom is -0.174 e. The Morgan fingerprint density at radius 3 is 1.17 bits per heavy atom. The Hall–Kier alpha value is -1.18. The van der Waals surface area contributed by atoms with Crippen LogP contribution in [0.5, 0.6) is 0 Å². The van der Waals surface area contributed by atoms with Crippen LogP contribution in [0.1, 0.15) is 151 Å². The van der Waals surface area contributed by atoms with Gasteiger partial charge in [0.25, 0.3) is 6.08 Å². The first-order chi connectivity index (χ1) is 20.3. The zero-order valence-electron chi connectivity index (χ0n) is 27.5. The maximum absolute atomic E-state index is 12.4. The lowest BCUT2D eigenvalue weighted by Crippen LogP contribution is -2.24. The second-order valence-electron chi connectivity index (χ2n) is 16.0. The fourth-order valence-electron chi connectivity index (χ4n) is 10.0. The summed E-state index contributed by atoms with van der Waals surface area (Å²) in [5, 5.41) is 0. The number of benzene rings is 1. The molecule has 1 aromatic carbocycles. The number of aryl methyl sites for hydroxylation is 2. The van der Waals surface area contributed by atoms with E-state index in [1.807, 2.05) is 0 Å². The first kappa shape index (κ1) is 32.2. The minimum absolute atomic E-state index is 0.506. The topological polar surface area (TPSA) is 0 Å². The molecule has 0 spiro atoms. The van der Waals surface area contributed by atoms with Gasteiger partial charge in [0.05, 0.1) is 0 Å². The second-order valence-corrected chi connectivity index (χ2v) is 16.0. The Kier molecular flexibility index (Phi) is 12.0. The molecule has 0 N–H and O–H groups in total. The lowest BCUT2D eigenvalue weighted by Gasteiger charge is -2.37. The molecule has 0 aliphatic heterocycles. The van der Waals surface area contributed by atoms with Crippen molar-refractivity contribution in [3.8, 4) is 0 Å². The van der Waals surface area contributed by atoms with E-state index in [4.69, 9.17) is 0 Å². The van der Waals surface area contributed by atoms with Crippen molar-refractivity contribution in [2.75, 3.05) is 0 Å². The Morgan fingerprint density at radius 2 is 0.833 bits per heavy atom. The van der Waals surface area contributed by atoms with Gasteiger partial charge in [-0.05, 0) is 154 Å². The molecule has 0 nitrogen and oxygen atoms in total. The van der Waals surface area contributed by atoms with Crippen LogP contribution in [0.2, 0.25) is 0 Å². The molecule has 0 aromatic heterocycles. The van der Waals surface area contributed by atoms with E-state index in [-0.39, 0.29) is 0 Å². The van der Waals surface area contributed by atoms with Crippen molar-refractivity contribution in [1.82, 2.24) is 0 Å². The summed E-state index contributed by atoms with van der Waals surface area (Å²) in [6.45, 7) is 6.82. The highest BCUT2D eigenvalue weighted by molar-refractivity contribution is 5.37. The van der Waals surface area contributed by atoms with Crippen molar-refractivity contribution in [1.29, 1.82) is 0 Å². The van der Waals surface area contributed by atoms with Gasteiger partial charge < -0.3 is 0 Å². The van der Waals surface area contributed by atoms with Crippen LogP contribution < -0.4 is 0 Å². The molecule has 0 bridgehead atoms. The van der Waals surface area contributed by atoms with E-state index < -0.39 is 6.08 Å². The Morgan fingerprint density at radius 1 is 0.524 bits per heavy atom. The molecule has 4 aliphatic rings. The number of hydrogen-bond acceptors (Lipinski definition) is 0. The van der Waals surface area contributed by atoms with Crippen molar-refractivity contribution < 1.29 is 8.78 Å². The van der Waals surface area contributed by atoms with Gasteiger partial charge in [0, 0.05) is 0 Å². The molecule has 5 rings (SSSR count). The molecule has 236 valence electrons. The molecular weight excluding hydrogens is 518 g/mol.